The lowest BCUT2D eigenvalue weighted by atomic mass is 10.1. The van der Waals surface area contributed by atoms with Gasteiger partial charge in [0.15, 0.2) is 11.5 Å². The summed E-state index contributed by atoms with van der Waals surface area (Å²) in [7, 11) is 0. The van der Waals surface area contributed by atoms with Gasteiger partial charge >= 0.3 is 0 Å². The molecule has 0 spiro atoms. The molecule has 0 bridgehead atoms. The van der Waals surface area contributed by atoms with Gasteiger partial charge in [-0.25, -0.2) is 0 Å². The molecule has 1 aromatic carbocycles. The minimum atomic E-state index is -0.0742. The third-order valence-electron chi connectivity index (χ3n) is 4.24. The molecule has 1 fully saturated rings. The number of hydrogen-bond donors (Lipinski definition) is 0. The monoisotopic (exact) mass is 358 g/mol. The van der Waals surface area contributed by atoms with Crippen LogP contribution in [0.3, 0.4) is 0 Å². The molecule has 0 N–H and O–H groups in total. The molecule has 1 saturated heterocycles. The maximum absolute atomic E-state index is 12.8. The van der Waals surface area contributed by atoms with Crippen molar-refractivity contribution in [1.29, 1.82) is 0 Å². The smallest absolute Gasteiger partial charge is 0.276 e. The van der Waals surface area contributed by atoms with Crippen molar-refractivity contribution < 1.29 is 9.32 Å². The van der Waals surface area contributed by atoms with Crippen LogP contribution in [-0.4, -0.2) is 22.5 Å². The summed E-state index contributed by atoms with van der Waals surface area (Å²) in [4.78, 5) is 16.0. The van der Waals surface area contributed by atoms with Gasteiger partial charge in [0.05, 0.1) is 6.04 Å². The lowest BCUT2D eigenvalue weighted by Gasteiger charge is -2.22. The number of amides is 1. The van der Waals surface area contributed by atoms with E-state index in [4.69, 9.17) is 16.1 Å². The number of carbonyl (C=O) groups excluding carboxylic acids is 1. The number of rotatable bonds is 3. The Hall–Kier alpha value is -2.11. The Bertz CT molecular complexity index is 842. The van der Waals surface area contributed by atoms with Gasteiger partial charge in [0.25, 0.3) is 5.91 Å². The second kappa shape index (κ2) is 6.42. The molecule has 2 aromatic heterocycles. The molecule has 1 aliphatic rings. The van der Waals surface area contributed by atoms with E-state index in [0.29, 0.717) is 16.5 Å². The lowest BCUT2D eigenvalue weighted by molar-refractivity contribution is 0.0727. The molecule has 1 atom stereocenters. The molecule has 0 radical (unpaired) electrons. The van der Waals surface area contributed by atoms with E-state index < -0.39 is 0 Å². The summed E-state index contributed by atoms with van der Waals surface area (Å²) < 4.78 is 5.36. The van der Waals surface area contributed by atoms with Crippen molar-refractivity contribution in [3.63, 3.8) is 0 Å². The van der Waals surface area contributed by atoms with Gasteiger partial charge in [-0.05, 0) is 48.6 Å². The number of benzene rings is 1. The summed E-state index contributed by atoms with van der Waals surface area (Å²) in [5.41, 5.74) is 1.20. The number of halogens is 1. The molecule has 24 heavy (non-hydrogen) atoms. The van der Waals surface area contributed by atoms with E-state index in [-0.39, 0.29) is 11.9 Å². The number of carbonyl (C=O) groups is 1. The Labute approximate surface area is 148 Å². The fourth-order valence-corrected chi connectivity index (χ4v) is 4.06. The van der Waals surface area contributed by atoms with Crippen LogP contribution in [0, 0.1) is 0 Å². The van der Waals surface area contributed by atoms with Crippen LogP contribution in [0.4, 0.5) is 0 Å². The highest BCUT2D eigenvalue weighted by atomic mass is 35.5. The van der Waals surface area contributed by atoms with Gasteiger partial charge in [-0.3, -0.25) is 4.79 Å². The molecule has 1 amide bonds. The summed E-state index contributed by atoms with van der Waals surface area (Å²) in [5, 5.41) is 6.68. The second-order valence-corrected chi connectivity index (χ2v) is 7.17. The Morgan fingerprint density at radius 2 is 2.12 bits per heavy atom. The SMILES string of the molecule is O=C(c1cc(-c2ccc(Cl)cc2)on1)N1CCC[C@@H]1c1cccs1. The van der Waals surface area contributed by atoms with Crippen LogP contribution >= 0.6 is 22.9 Å². The minimum Gasteiger partial charge on any atom is -0.355 e. The normalized spacial score (nSPS) is 17.4. The Morgan fingerprint density at radius 1 is 1.29 bits per heavy atom. The van der Waals surface area contributed by atoms with Gasteiger partial charge < -0.3 is 9.42 Å². The Balaban J connectivity index is 1.57. The van der Waals surface area contributed by atoms with Crippen molar-refractivity contribution in [3.8, 4) is 11.3 Å². The third kappa shape index (κ3) is 2.85. The highest BCUT2D eigenvalue weighted by Gasteiger charge is 2.32. The van der Waals surface area contributed by atoms with Gasteiger partial charge in [-0.2, -0.15) is 0 Å². The number of aromatic nitrogens is 1. The highest BCUT2D eigenvalue weighted by Crippen LogP contribution is 2.35. The van der Waals surface area contributed by atoms with E-state index in [1.54, 1.807) is 29.5 Å². The van der Waals surface area contributed by atoms with Gasteiger partial charge in [-0.15, -0.1) is 11.3 Å². The van der Waals surface area contributed by atoms with E-state index >= 15 is 0 Å². The van der Waals surface area contributed by atoms with Crippen LogP contribution in [-0.2, 0) is 0 Å². The maximum Gasteiger partial charge on any atom is 0.276 e. The molecule has 4 rings (SSSR count). The number of nitrogens with zero attached hydrogens (tertiary/aromatic N) is 2. The lowest BCUT2D eigenvalue weighted by Crippen LogP contribution is -2.30. The van der Waals surface area contributed by atoms with Crippen molar-refractivity contribution in [1.82, 2.24) is 10.1 Å². The zero-order chi connectivity index (χ0) is 16.5. The summed E-state index contributed by atoms with van der Waals surface area (Å²) in [6, 6.07) is 13.2. The van der Waals surface area contributed by atoms with E-state index in [0.717, 1.165) is 24.9 Å². The molecule has 0 saturated carbocycles. The summed E-state index contributed by atoms with van der Waals surface area (Å²) >= 11 is 7.59. The third-order valence-corrected chi connectivity index (χ3v) is 5.47. The molecular weight excluding hydrogens is 344 g/mol. The van der Waals surface area contributed by atoms with Gasteiger partial charge in [-0.1, -0.05) is 22.8 Å². The average molecular weight is 359 g/mol. The van der Waals surface area contributed by atoms with E-state index in [9.17, 15) is 4.79 Å². The van der Waals surface area contributed by atoms with Crippen LogP contribution in [0.2, 0.25) is 5.02 Å². The zero-order valence-corrected chi connectivity index (χ0v) is 14.4. The van der Waals surface area contributed by atoms with Crippen molar-refractivity contribution in [3.05, 3.63) is 63.4 Å². The number of hydrogen-bond acceptors (Lipinski definition) is 4. The first kappa shape index (κ1) is 15.4. The summed E-state index contributed by atoms with van der Waals surface area (Å²) in [6.07, 6.45) is 2.00. The van der Waals surface area contributed by atoms with Crippen LogP contribution < -0.4 is 0 Å². The first-order valence-electron chi connectivity index (χ1n) is 7.79. The molecule has 0 aliphatic carbocycles. The molecule has 4 nitrogen and oxygen atoms in total. The first-order valence-corrected chi connectivity index (χ1v) is 9.05. The molecule has 122 valence electrons. The van der Waals surface area contributed by atoms with Crippen molar-refractivity contribution in [2.45, 2.75) is 18.9 Å². The van der Waals surface area contributed by atoms with E-state index in [1.807, 2.05) is 28.5 Å². The summed E-state index contributed by atoms with van der Waals surface area (Å²) in [6.45, 7) is 0.755. The fraction of sp³-hybridized carbons (Fsp3) is 0.222. The van der Waals surface area contributed by atoms with E-state index in [1.165, 1.54) is 4.88 Å². The summed E-state index contributed by atoms with van der Waals surface area (Å²) in [5.74, 6) is 0.497. The first-order chi connectivity index (χ1) is 11.7. The van der Waals surface area contributed by atoms with Gasteiger partial charge in [0.2, 0.25) is 0 Å². The topological polar surface area (TPSA) is 46.3 Å². The number of likely N-dealkylation sites (tertiary alicyclic amines) is 1. The zero-order valence-electron chi connectivity index (χ0n) is 12.8. The van der Waals surface area contributed by atoms with Crippen LogP contribution in [0.1, 0.15) is 34.2 Å². The average Bonchev–Trinajstić information content (AvgIpc) is 3.34. The van der Waals surface area contributed by atoms with Crippen molar-refractivity contribution >= 4 is 28.8 Å². The largest absolute Gasteiger partial charge is 0.355 e. The number of thiophene rings is 1. The van der Waals surface area contributed by atoms with Gasteiger partial charge in [0, 0.05) is 28.1 Å². The van der Waals surface area contributed by atoms with Crippen LogP contribution in [0.25, 0.3) is 11.3 Å². The molecule has 3 heterocycles. The molecule has 1 aliphatic heterocycles. The Kier molecular flexibility index (Phi) is 4.12. The standard InChI is InChI=1S/C18H15ClN2O2S/c19-13-7-5-12(6-8-13)16-11-14(20-23-16)18(22)21-9-1-3-15(21)17-4-2-10-24-17/h2,4-8,10-11,15H,1,3,9H2/t15-/m1/s1. The second-order valence-electron chi connectivity index (χ2n) is 5.76. The molecule has 3 aromatic rings. The fourth-order valence-electron chi connectivity index (χ4n) is 3.06. The molecule has 6 heteroatoms. The maximum atomic E-state index is 12.8. The molecule has 0 unspecified atom stereocenters. The highest BCUT2D eigenvalue weighted by molar-refractivity contribution is 7.10. The van der Waals surface area contributed by atoms with E-state index in [2.05, 4.69) is 11.2 Å². The van der Waals surface area contributed by atoms with Crippen LogP contribution in [0.5, 0.6) is 0 Å². The minimum absolute atomic E-state index is 0.0742. The van der Waals surface area contributed by atoms with Crippen molar-refractivity contribution in [2.75, 3.05) is 6.54 Å². The predicted octanol–water partition coefficient (Wildman–Crippen LogP) is 5.03. The van der Waals surface area contributed by atoms with Crippen molar-refractivity contribution in [2.24, 2.45) is 0 Å². The molecular formula is C18H15ClN2O2S. The predicted molar refractivity (Wildman–Crippen MR) is 94.3 cm³/mol. The van der Waals surface area contributed by atoms with Gasteiger partial charge in [0.1, 0.15) is 0 Å². The quantitative estimate of drug-likeness (QED) is 0.659. The Morgan fingerprint density at radius 3 is 2.88 bits per heavy atom. The van der Waals surface area contributed by atoms with Crippen LogP contribution in [0.15, 0.2) is 52.4 Å².